The third-order valence-electron chi connectivity index (χ3n) is 2.71. The molecule has 1 rings (SSSR count). The highest BCUT2D eigenvalue weighted by Crippen LogP contribution is 2.20. The molecule has 1 unspecified atom stereocenters. The van der Waals surface area contributed by atoms with Gasteiger partial charge in [0.2, 0.25) is 5.91 Å². The molecule has 3 heteroatoms. The van der Waals surface area contributed by atoms with Crippen molar-refractivity contribution in [2.24, 2.45) is 11.7 Å². The second kappa shape index (κ2) is 5.12. The Morgan fingerprint density at radius 3 is 2.38 bits per heavy atom. The van der Waals surface area contributed by atoms with E-state index in [0.29, 0.717) is 5.92 Å². The Balaban J connectivity index is 2.93. The van der Waals surface area contributed by atoms with Gasteiger partial charge in [-0.3, -0.25) is 10.1 Å². The fraction of sp³-hybridized carbons (Fsp3) is 0.462. The maximum absolute atomic E-state index is 11.6. The first-order valence-electron chi connectivity index (χ1n) is 5.57. The summed E-state index contributed by atoms with van der Waals surface area (Å²) < 4.78 is 0. The molecule has 0 fully saturated rings. The van der Waals surface area contributed by atoms with Crippen LogP contribution in [-0.2, 0) is 10.3 Å². The summed E-state index contributed by atoms with van der Waals surface area (Å²) >= 11 is 0. The van der Waals surface area contributed by atoms with Gasteiger partial charge >= 0.3 is 0 Å². The minimum atomic E-state index is -0.786. The van der Waals surface area contributed by atoms with E-state index in [9.17, 15) is 4.79 Å². The van der Waals surface area contributed by atoms with Crippen LogP contribution in [0.5, 0.6) is 0 Å². The molecule has 1 atom stereocenters. The van der Waals surface area contributed by atoms with Crippen molar-refractivity contribution in [2.75, 3.05) is 6.54 Å². The molecule has 0 bridgehead atoms. The Bertz CT molecular complexity index is 348. The van der Waals surface area contributed by atoms with Gasteiger partial charge in [-0.1, -0.05) is 44.2 Å². The van der Waals surface area contributed by atoms with Gasteiger partial charge in [0.1, 0.15) is 5.54 Å². The molecule has 16 heavy (non-hydrogen) atoms. The molecule has 0 saturated heterocycles. The third-order valence-corrected chi connectivity index (χ3v) is 2.71. The number of carbonyl (C=O) groups is 1. The minimum absolute atomic E-state index is 0.348. The molecule has 88 valence electrons. The number of carbonyl (C=O) groups excluding carboxylic acids is 1. The van der Waals surface area contributed by atoms with Gasteiger partial charge in [-0.2, -0.15) is 0 Å². The van der Waals surface area contributed by atoms with Gasteiger partial charge in [0, 0.05) is 0 Å². The summed E-state index contributed by atoms with van der Waals surface area (Å²) in [6.07, 6.45) is 0. The van der Waals surface area contributed by atoms with E-state index in [2.05, 4.69) is 19.2 Å². The molecule has 1 aromatic rings. The lowest BCUT2D eigenvalue weighted by atomic mass is 9.91. The summed E-state index contributed by atoms with van der Waals surface area (Å²) in [5.74, 6) is 0.127. The zero-order valence-electron chi connectivity index (χ0n) is 10.2. The number of nitrogens with two attached hydrogens (primary N) is 1. The highest BCUT2D eigenvalue weighted by molar-refractivity contribution is 5.85. The van der Waals surface area contributed by atoms with Crippen molar-refractivity contribution in [1.82, 2.24) is 5.32 Å². The van der Waals surface area contributed by atoms with Gasteiger partial charge in [0.05, 0.1) is 0 Å². The molecule has 1 amide bonds. The van der Waals surface area contributed by atoms with Crippen molar-refractivity contribution < 1.29 is 4.79 Å². The van der Waals surface area contributed by atoms with E-state index < -0.39 is 5.54 Å². The van der Waals surface area contributed by atoms with Crippen LogP contribution in [0.2, 0.25) is 0 Å². The van der Waals surface area contributed by atoms with Gasteiger partial charge < -0.3 is 5.73 Å². The molecule has 0 spiro atoms. The molecule has 0 aromatic heterocycles. The molecule has 0 aliphatic carbocycles. The number of hydrogen-bond acceptors (Lipinski definition) is 2. The minimum Gasteiger partial charge on any atom is -0.368 e. The van der Waals surface area contributed by atoms with E-state index in [1.807, 2.05) is 37.3 Å². The monoisotopic (exact) mass is 220 g/mol. The second-order valence-electron chi connectivity index (χ2n) is 4.63. The average Bonchev–Trinajstić information content (AvgIpc) is 2.26. The molecule has 3 N–H and O–H groups in total. The quantitative estimate of drug-likeness (QED) is 0.792. The molecule has 1 aromatic carbocycles. The summed E-state index contributed by atoms with van der Waals surface area (Å²) in [4.78, 5) is 11.6. The first kappa shape index (κ1) is 12.7. The van der Waals surface area contributed by atoms with E-state index in [0.717, 1.165) is 12.1 Å². The molecule has 3 nitrogen and oxygen atoms in total. The molecule has 0 radical (unpaired) electrons. The topological polar surface area (TPSA) is 55.1 Å². The molecule has 0 saturated carbocycles. The van der Waals surface area contributed by atoms with E-state index in [1.165, 1.54) is 0 Å². The second-order valence-corrected chi connectivity index (χ2v) is 4.63. The normalized spacial score (nSPS) is 14.8. The molecule has 0 aliphatic rings. The van der Waals surface area contributed by atoms with E-state index in [-0.39, 0.29) is 5.91 Å². The lowest BCUT2D eigenvalue weighted by Gasteiger charge is -2.29. The Kier molecular flexibility index (Phi) is 4.07. The number of nitrogens with one attached hydrogen (secondary N) is 1. The Morgan fingerprint density at radius 2 is 1.94 bits per heavy atom. The lowest BCUT2D eigenvalue weighted by Crippen LogP contribution is -2.51. The van der Waals surface area contributed by atoms with E-state index >= 15 is 0 Å². The Hall–Kier alpha value is -1.35. The van der Waals surface area contributed by atoms with Crippen LogP contribution >= 0.6 is 0 Å². The van der Waals surface area contributed by atoms with Crippen molar-refractivity contribution in [2.45, 2.75) is 26.3 Å². The molecule has 0 heterocycles. The van der Waals surface area contributed by atoms with Crippen molar-refractivity contribution >= 4 is 5.91 Å². The van der Waals surface area contributed by atoms with Crippen LogP contribution in [0, 0.1) is 5.92 Å². The maximum atomic E-state index is 11.6. The van der Waals surface area contributed by atoms with Crippen molar-refractivity contribution in [3.05, 3.63) is 35.9 Å². The van der Waals surface area contributed by atoms with Gasteiger partial charge in [-0.15, -0.1) is 0 Å². The van der Waals surface area contributed by atoms with Crippen LogP contribution in [0.3, 0.4) is 0 Å². The summed E-state index contributed by atoms with van der Waals surface area (Å²) in [6, 6.07) is 9.57. The third kappa shape index (κ3) is 2.83. The highest BCUT2D eigenvalue weighted by Gasteiger charge is 2.32. The van der Waals surface area contributed by atoms with Crippen LogP contribution in [0.1, 0.15) is 26.3 Å². The van der Waals surface area contributed by atoms with Crippen LogP contribution in [-0.4, -0.2) is 12.5 Å². The van der Waals surface area contributed by atoms with Gasteiger partial charge in [0.25, 0.3) is 0 Å². The fourth-order valence-electron chi connectivity index (χ4n) is 1.51. The largest absolute Gasteiger partial charge is 0.368 e. The SMILES string of the molecule is CC(C)CNC(C)(C(N)=O)c1ccccc1. The molecular weight excluding hydrogens is 200 g/mol. The average molecular weight is 220 g/mol. The van der Waals surface area contributed by atoms with E-state index in [4.69, 9.17) is 5.73 Å². The Labute approximate surface area is 97.0 Å². The standard InChI is InChI=1S/C13H20N2O/c1-10(2)9-15-13(3,12(14)16)11-7-5-4-6-8-11/h4-8,10,15H,9H2,1-3H3,(H2,14,16). The Morgan fingerprint density at radius 1 is 1.38 bits per heavy atom. The first-order valence-corrected chi connectivity index (χ1v) is 5.57. The van der Waals surface area contributed by atoms with Crippen LogP contribution < -0.4 is 11.1 Å². The number of benzene rings is 1. The van der Waals surface area contributed by atoms with Crippen LogP contribution in [0.25, 0.3) is 0 Å². The van der Waals surface area contributed by atoms with Crippen LogP contribution in [0.4, 0.5) is 0 Å². The zero-order valence-corrected chi connectivity index (χ0v) is 10.2. The number of hydrogen-bond donors (Lipinski definition) is 2. The fourth-order valence-corrected chi connectivity index (χ4v) is 1.51. The summed E-state index contributed by atoms with van der Waals surface area (Å²) in [7, 11) is 0. The number of amides is 1. The predicted octanol–water partition coefficient (Wildman–Crippen LogP) is 1.63. The number of primary amides is 1. The van der Waals surface area contributed by atoms with Crippen molar-refractivity contribution in [3.8, 4) is 0 Å². The summed E-state index contributed by atoms with van der Waals surface area (Å²) in [5.41, 5.74) is 5.61. The maximum Gasteiger partial charge on any atom is 0.242 e. The smallest absolute Gasteiger partial charge is 0.242 e. The van der Waals surface area contributed by atoms with Gasteiger partial charge in [0.15, 0.2) is 0 Å². The van der Waals surface area contributed by atoms with E-state index in [1.54, 1.807) is 0 Å². The van der Waals surface area contributed by atoms with Gasteiger partial charge in [-0.25, -0.2) is 0 Å². The first-order chi connectivity index (χ1) is 7.47. The zero-order chi connectivity index (χ0) is 12.2. The highest BCUT2D eigenvalue weighted by atomic mass is 16.1. The van der Waals surface area contributed by atoms with Gasteiger partial charge in [-0.05, 0) is 24.9 Å². The predicted molar refractivity (Wildman–Crippen MR) is 65.8 cm³/mol. The molecule has 0 aliphatic heterocycles. The number of rotatable bonds is 5. The molecular formula is C13H20N2O. The summed E-state index contributed by atoms with van der Waals surface area (Å²) in [5, 5.41) is 3.24. The van der Waals surface area contributed by atoms with Crippen LogP contribution in [0.15, 0.2) is 30.3 Å². The lowest BCUT2D eigenvalue weighted by molar-refractivity contribution is -0.124. The van der Waals surface area contributed by atoms with Crippen molar-refractivity contribution in [3.63, 3.8) is 0 Å². The summed E-state index contributed by atoms with van der Waals surface area (Å²) in [6.45, 7) is 6.78. The van der Waals surface area contributed by atoms with Crippen molar-refractivity contribution in [1.29, 1.82) is 0 Å².